The van der Waals surface area contributed by atoms with Gasteiger partial charge in [-0.15, -0.1) is 0 Å². The number of halogens is 3. The minimum absolute atomic E-state index is 0.102. The Bertz CT molecular complexity index is 359. The molecular formula is C9H8F3NO2. The van der Waals surface area contributed by atoms with Gasteiger partial charge in [-0.25, -0.2) is 13.2 Å². The fourth-order valence-electron chi connectivity index (χ4n) is 0.807. The number of carbonyl (C=O) groups excluding carboxylic acids is 1. The largest absolute Gasteiger partial charge is 0.373 e. The summed E-state index contributed by atoms with van der Waals surface area (Å²) in [6, 6.07) is 0.910. The van der Waals surface area contributed by atoms with Gasteiger partial charge in [0.1, 0.15) is 5.82 Å². The standard InChI is InChI=1S/C9H8F3NO2/c1-2-8(14)13-15-9-6(11)3-5(10)4-7(9)12/h3-4H,2H2,1H3,(H,13,14). The summed E-state index contributed by atoms with van der Waals surface area (Å²) in [5.41, 5.74) is 1.81. The third-order valence-corrected chi connectivity index (χ3v) is 1.55. The van der Waals surface area contributed by atoms with Gasteiger partial charge in [0.15, 0.2) is 11.6 Å². The monoisotopic (exact) mass is 219 g/mol. The zero-order valence-corrected chi connectivity index (χ0v) is 7.81. The van der Waals surface area contributed by atoms with Crippen LogP contribution >= 0.6 is 0 Å². The van der Waals surface area contributed by atoms with Crippen molar-refractivity contribution in [2.45, 2.75) is 13.3 Å². The van der Waals surface area contributed by atoms with Crippen LogP contribution in [0.3, 0.4) is 0 Å². The number of amides is 1. The van der Waals surface area contributed by atoms with Crippen molar-refractivity contribution < 1.29 is 22.8 Å². The van der Waals surface area contributed by atoms with Gasteiger partial charge >= 0.3 is 0 Å². The SMILES string of the molecule is CCC(=O)NOc1c(F)cc(F)cc1F. The molecule has 15 heavy (non-hydrogen) atoms. The van der Waals surface area contributed by atoms with Crippen molar-refractivity contribution in [3.63, 3.8) is 0 Å². The third kappa shape index (κ3) is 2.87. The van der Waals surface area contributed by atoms with E-state index in [1.165, 1.54) is 6.92 Å². The maximum atomic E-state index is 12.9. The summed E-state index contributed by atoms with van der Waals surface area (Å²) in [6.07, 6.45) is 0.102. The first-order valence-corrected chi connectivity index (χ1v) is 4.14. The van der Waals surface area contributed by atoms with E-state index in [-0.39, 0.29) is 6.42 Å². The van der Waals surface area contributed by atoms with E-state index in [1.807, 2.05) is 5.48 Å². The Balaban J connectivity index is 2.81. The van der Waals surface area contributed by atoms with E-state index in [0.717, 1.165) is 0 Å². The molecule has 0 aliphatic rings. The average molecular weight is 219 g/mol. The highest BCUT2D eigenvalue weighted by Crippen LogP contribution is 2.21. The molecule has 0 unspecified atom stereocenters. The summed E-state index contributed by atoms with van der Waals surface area (Å²) < 4.78 is 38.3. The van der Waals surface area contributed by atoms with E-state index in [2.05, 4.69) is 4.84 Å². The molecule has 1 aromatic carbocycles. The third-order valence-electron chi connectivity index (χ3n) is 1.55. The van der Waals surface area contributed by atoms with Crippen molar-refractivity contribution in [3.8, 4) is 5.75 Å². The van der Waals surface area contributed by atoms with Crippen LogP contribution < -0.4 is 10.3 Å². The molecule has 1 N–H and O–H groups in total. The average Bonchev–Trinajstić information content (AvgIpc) is 2.15. The minimum atomic E-state index is -1.22. The second kappa shape index (κ2) is 4.68. The lowest BCUT2D eigenvalue weighted by Gasteiger charge is -2.07. The van der Waals surface area contributed by atoms with Gasteiger partial charge in [0, 0.05) is 18.6 Å². The van der Waals surface area contributed by atoms with Gasteiger partial charge in [-0.3, -0.25) is 4.79 Å². The maximum absolute atomic E-state index is 12.9. The molecule has 0 heterocycles. The number of rotatable bonds is 3. The molecule has 1 rings (SSSR count). The molecule has 0 aromatic heterocycles. The van der Waals surface area contributed by atoms with Gasteiger partial charge < -0.3 is 4.84 Å². The van der Waals surface area contributed by atoms with Crippen molar-refractivity contribution in [1.29, 1.82) is 0 Å². The Morgan fingerprint density at radius 1 is 1.33 bits per heavy atom. The van der Waals surface area contributed by atoms with Crippen molar-refractivity contribution in [1.82, 2.24) is 5.48 Å². The molecule has 0 atom stereocenters. The van der Waals surface area contributed by atoms with Crippen molar-refractivity contribution in [3.05, 3.63) is 29.6 Å². The molecule has 6 heteroatoms. The number of benzene rings is 1. The molecule has 82 valence electrons. The quantitative estimate of drug-likeness (QED) is 0.789. The zero-order valence-electron chi connectivity index (χ0n) is 7.81. The summed E-state index contributed by atoms with van der Waals surface area (Å²) in [4.78, 5) is 15.1. The van der Waals surface area contributed by atoms with Crippen molar-refractivity contribution >= 4 is 5.91 Å². The second-order valence-corrected chi connectivity index (χ2v) is 2.68. The van der Waals surface area contributed by atoms with E-state index in [1.54, 1.807) is 0 Å². The Hall–Kier alpha value is -1.72. The van der Waals surface area contributed by atoms with Crippen LogP contribution in [0.25, 0.3) is 0 Å². The predicted molar refractivity (Wildman–Crippen MR) is 45.4 cm³/mol. The Morgan fingerprint density at radius 2 is 1.87 bits per heavy atom. The molecule has 0 bridgehead atoms. The van der Waals surface area contributed by atoms with Crippen molar-refractivity contribution in [2.75, 3.05) is 0 Å². The van der Waals surface area contributed by atoms with Crippen LogP contribution in [-0.4, -0.2) is 5.91 Å². The number of carbonyl (C=O) groups is 1. The van der Waals surface area contributed by atoms with Crippen LogP contribution in [0.4, 0.5) is 13.2 Å². The second-order valence-electron chi connectivity index (χ2n) is 2.68. The van der Waals surface area contributed by atoms with Gasteiger partial charge in [0.25, 0.3) is 5.91 Å². The molecule has 0 aliphatic carbocycles. The Labute approximate surface area is 83.8 Å². The number of hydrogen-bond donors (Lipinski definition) is 1. The summed E-state index contributed by atoms with van der Waals surface area (Å²) in [5, 5.41) is 0. The molecule has 0 saturated carbocycles. The number of hydroxylamine groups is 1. The van der Waals surface area contributed by atoms with E-state index >= 15 is 0 Å². The highest BCUT2D eigenvalue weighted by molar-refractivity contribution is 5.74. The summed E-state index contributed by atoms with van der Waals surface area (Å²) in [5.74, 6) is -4.87. The molecule has 1 amide bonds. The van der Waals surface area contributed by atoms with Gasteiger partial charge in [-0.1, -0.05) is 6.92 Å². The minimum Gasteiger partial charge on any atom is -0.373 e. The lowest BCUT2D eigenvalue weighted by Crippen LogP contribution is -2.26. The molecule has 3 nitrogen and oxygen atoms in total. The van der Waals surface area contributed by atoms with Crippen LogP contribution in [-0.2, 0) is 4.79 Å². The Morgan fingerprint density at radius 3 is 2.33 bits per heavy atom. The molecule has 0 saturated heterocycles. The van der Waals surface area contributed by atoms with Gasteiger partial charge in [-0.2, -0.15) is 5.48 Å². The van der Waals surface area contributed by atoms with E-state index in [0.29, 0.717) is 12.1 Å². The molecule has 0 aliphatic heterocycles. The van der Waals surface area contributed by atoms with Gasteiger partial charge in [0.2, 0.25) is 5.75 Å². The highest BCUT2D eigenvalue weighted by Gasteiger charge is 2.14. The number of nitrogens with one attached hydrogen (secondary N) is 1. The summed E-state index contributed by atoms with van der Waals surface area (Å²) in [6.45, 7) is 1.54. The first kappa shape index (κ1) is 11.4. The van der Waals surface area contributed by atoms with Crippen LogP contribution in [0.1, 0.15) is 13.3 Å². The van der Waals surface area contributed by atoms with E-state index in [4.69, 9.17) is 0 Å². The number of hydrogen-bond acceptors (Lipinski definition) is 2. The zero-order chi connectivity index (χ0) is 11.4. The molecule has 0 fully saturated rings. The molecule has 0 spiro atoms. The Kier molecular flexibility index (Phi) is 3.54. The summed E-state index contributed by atoms with van der Waals surface area (Å²) >= 11 is 0. The summed E-state index contributed by atoms with van der Waals surface area (Å²) in [7, 11) is 0. The first-order chi connectivity index (χ1) is 7.04. The van der Waals surface area contributed by atoms with Crippen LogP contribution in [0.2, 0.25) is 0 Å². The smallest absolute Gasteiger partial charge is 0.252 e. The van der Waals surface area contributed by atoms with Crippen LogP contribution in [0, 0.1) is 17.5 Å². The van der Waals surface area contributed by atoms with E-state index < -0.39 is 29.1 Å². The maximum Gasteiger partial charge on any atom is 0.252 e. The van der Waals surface area contributed by atoms with E-state index in [9.17, 15) is 18.0 Å². The van der Waals surface area contributed by atoms with Gasteiger partial charge in [-0.05, 0) is 0 Å². The fraction of sp³-hybridized carbons (Fsp3) is 0.222. The molecular weight excluding hydrogens is 211 g/mol. The van der Waals surface area contributed by atoms with Gasteiger partial charge in [0.05, 0.1) is 0 Å². The highest BCUT2D eigenvalue weighted by atomic mass is 19.1. The molecule has 0 radical (unpaired) electrons. The van der Waals surface area contributed by atoms with Crippen LogP contribution in [0.15, 0.2) is 12.1 Å². The lowest BCUT2D eigenvalue weighted by molar-refractivity contribution is -0.127. The predicted octanol–water partition coefficient (Wildman–Crippen LogP) is 1.92. The first-order valence-electron chi connectivity index (χ1n) is 4.14. The molecule has 1 aromatic rings. The van der Waals surface area contributed by atoms with Crippen LogP contribution in [0.5, 0.6) is 5.75 Å². The van der Waals surface area contributed by atoms with Crippen molar-refractivity contribution in [2.24, 2.45) is 0 Å². The lowest BCUT2D eigenvalue weighted by atomic mass is 10.3. The normalized spacial score (nSPS) is 9.87. The topological polar surface area (TPSA) is 38.3 Å². The fourth-order valence-corrected chi connectivity index (χ4v) is 0.807.